The van der Waals surface area contributed by atoms with E-state index in [1.54, 1.807) is 9.58 Å². The minimum Gasteiger partial charge on any atom is -0.352 e. The van der Waals surface area contributed by atoms with E-state index >= 15 is 0 Å². The van der Waals surface area contributed by atoms with Gasteiger partial charge in [-0.25, -0.2) is 4.79 Å². The number of fused-ring (bicyclic) bond motifs is 1. The predicted molar refractivity (Wildman–Crippen MR) is 86.6 cm³/mol. The number of nitrogens with zero attached hydrogens (tertiary/aromatic N) is 3. The molecular weight excluding hydrogens is 310 g/mol. The van der Waals surface area contributed by atoms with E-state index in [9.17, 15) is 14.4 Å². The number of nitrogens with two attached hydrogens (primary N) is 1. The Balaban J connectivity index is 1.72. The van der Waals surface area contributed by atoms with Crippen LogP contribution in [-0.4, -0.2) is 51.5 Å². The zero-order valence-corrected chi connectivity index (χ0v) is 13.9. The second-order valence-electron chi connectivity index (χ2n) is 6.56. The van der Waals surface area contributed by atoms with Crippen LogP contribution in [0.25, 0.3) is 0 Å². The molecular formula is C16H23N5O3. The highest BCUT2D eigenvalue weighted by atomic mass is 16.2. The molecule has 8 heteroatoms. The summed E-state index contributed by atoms with van der Waals surface area (Å²) in [5.41, 5.74) is 7.66. The Morgan fingerprint density at radius 3 is 2.58 bits per heavy atom. The van der Waals surface area contributed by atoms with E-state index in [0.717, 1.165) is 30.5 Å². The topological polar surface area (TPSA) is 110 Å². The molecule has 24 heavy (non-hydrogen) atoms. The molecule has 1 aliphatic heterocycles. The van der Waals surface area contributed by atoms with Gasteiger partial charge in [-0.3, -0.25) is 14.3 Å². The molecule has 0 bridgehead atoms. The molecule has 2 heterocycles. The van der Waals surface area contributed by atoms with Crippen LogP contribution in [0.15, 0.2) is 0 Å². The van der Waals surface area contributed by atoms with E-state index in [1.165, 1.54) is 6.92 Å². The third-order valence-electron chi connectivity index (χ3n) is 4.71. The van der Waals surface area contributed by atoms with Gasteiger partial charge in [-0.2, -0.15) is 5.10 Å². The molecule has 1 aromatic rings. The summed E-state index contributed by atoms with van der Waals surface area (Å²) in [4.78, 5) is 36.9. The van der Waals surface area contributed by atoms with Crippen LogP contribution >= 0.6 is 0 Å². The molecule has 0 atom stereocenters. The van der Waals surface area contributed by atoms with Gasteiger partial charge in [0, 0.05) is 30.4 Å². The molecule has 1 aliphatic carbocycles. The summed E-state index contributed by atoms with van der Waals surface area (Å²) in [6, 6.07) is -0.506. The van der Waals surface area contributed by atoms with Gasteiger partial charge in [0.05, 0.1) is 6.54 Å². The fourth-order valence-electron chi connectivity index (χ4n) is 3.60. The van der Waals surface area contributed by atoms with E-state index in [2.05, 4.69) is 10.4 Å². The number of urea groups is 1. The average Bonchev–Trinajstić information content (AvgIpc) is 3.10. The number of likely N-dealkylation sites (tertiary alicyclic amines) is 1. The maximum Gasteiger partial charge on any atom is 0.312 e. The van der Waals surface area contributed by atoms with Gasteiger partial charge in [-0.05, 0) is 39.0 Å². The number of Topliss-reactive ketones (excluding diaryl/α,β-unsaturated/α-hetero) is 1. The molecule has 1 fully saturated rings. The highest BCUT2D eigenvalue weighted by Crippen LogP contribution is 2.27. The molecule has 3 N–H and O–H groups in total. The van der Waals surface area contributed by atoms with Crippen molar-refractivity contribution in [2.24, 2.45) is 5.73 Å². The van der Waals surface area contributed by atoms with Gasteiger partial charge in [0.15, 0.2) is 11.5 Å². The Bertz CT molecular complexity index is 673. The second-order valence-corrected chi connectivity index (χ2v) is 6.56. The Hall–Kier alpha value is -2.38. The Morgan fingerprint density at radius 2 is 1.96 bits per heavy atom. The molecule has 3 rings (SSSR count). The van der Waals surface area contributed by atoms with Crippen LogP contribution in [0.5, 0.6) is 0 Å². The second kappa shape index (κ2) is 6.62. The van der Waals surface area contributed by atoms with Crippen LogP contribution in [0, 0.1) is 0 Å². The van der Waals surface area contributed by atoms with Gasteiger partial charge >= 0.3 is 6.03 Å². The molecule has 8 nitrogen and oxygen atoms in total. The van der Waals surface area contributed by atoms with Crippen LogP contribution in [0.2, 0.25) is 0 Å². The van der Waals surface area contributed by atoms with E-state index in [-0.39, 0.29) is 24.3 Å². The van der Waals surface area contributed by atoms with Crippen molar-refractivity contribution >= 4 is 17.7 Å². The number of primary amides is 1. The summed E-state index contributed by atoms with van der Waals surface area (Å²) in [6.45, 7) is 2.89. The zero-order valence-electron chi connectivity index (χ0n) is 13.9. The molecule has 0 saturated carbocycles. The molecule has 0 unspecified atom stereocenters. The van der Waals surface area contributed by atoms with Crippen molar-refractivity contribution in [1.29, 1.82) is 0 Å². The van der Waals surface area contributed by atoms with Crippen LogP contribution in [0.4, 0.5) is 4.79 Å². The lowest BCUT2D eigenvalue weighted by molar-refractivity contribution is -0.117. The minimum atomic E-state index is -0.527. The summed E-state index contributed by atoms with van der Waals surface area (Å²) in [5.74, 6) is -0.0440. The third kappa shape index (κ3) is 3.27. The minimum absolute atomic E-state index is 0.0209. The molecule has 3 amide bonds. The van der Waals surface area contributed by atoms with Gasteiger partial charge in [-0.15, -0.1) is 0 Å². The number of piperidine rings is 1. The smallest absolute Gasteiger partial charge is 0.312 e. The Labute approximate surface area is 140 Å². The number of hydrogen-bond donors (Lipinski definition) is 2. The van der Waals surface area contributed by atoms with Crippen molar-refractivity contribution in [3.8, 4) is 0 Å². The van der Waals surface area contributed by atoms with Gasteiger partial charge in [-0.1, -0.05) is 0 Å². The number of ketones is 1. The van der Waals surface area contributed by atoms with Gasteiger partial charge in [0.1, 0.15) is 0 Å². The lowest BCUT2D eigenvalue weighted by Gasteiger charge is -2.31. The molecule has 1 aromatic heterocycles. The number of aromatic nitrogens is 2. The fourth-order valence-corrected chi connectivity index (χ4v) is 3.60. The summed E-state index contributed by atoms with van der Waals surface area (Å²) in [6.07, 6.45) is 4.08. The van der Waals surface area contributed by atoms with E-state index in [0.29, 0.717) is 31.6 Å². The van der Waals surface area contributed by atoms with Crippen LogP contribution in [0.1, 0.15) is 47.9 Å². The van der Waals surface area contributed by atoms with Crippen LogP contribution in [-0.2, 0) is 24.2 Å². The lowest BCUT2D eigenvalue weighted by Crippen LogP contribution is -2.48. The van der Waals surface area contributed by atoms with Gasteiger partial charge < -0.3 is 16.0 Å². The Morgan fingerprint density at radius 1 is 1.25 bits per heavy atom. The summed E-state index contributed by atoms with van der Waals surface area (Å²) in [5, 5.41) is 7.12. The highest BCUT2D eigenvalue weighted by molar-refractivity contribution is 5.94. The number of amides is 3. The highest BCUT2D eigenvalue weighted by Gasteiger charge is 2.31. The lowest BCUT2D eigenvalue weighted by atomic mass is 10.0. The predicted octanol–water partition coefficient (Wildman–Crippen LogP) is 0.234. The van der Waals surface area contributed by atoms with Crippen molar-refractivity contribution < 1.29 is 14.4 Å². The number of rotatable bonds is 4. The van der Waals surface area contributed by atoms with Crippen LogP contribution in [0.3, 0.4) is 0 Å². The average molecular weight is 333 g/mol. The zero-order chi connectivity index (χ0) is 17.3. The quantitative estimate of drug-likeness (QED) is 0.822. The normalized spacial score (nSPS) is 17.6. The largest absolute Gasteiger partial charge is 0.352 e. The summed E-state index contributed by atoms with van der Waals surface area (Å²) >= 11 is 0. The third-order valence-corrected chi connectivity index (χ3v) is 4.71. The Kier molecular flexibility index (Phi) is 4.55. The molecule has 130 valence electrons. The van der Waals surface area contributed by atoms with Crippen molar-refractivity contribution in [3.63, 3.8) is 0 Å². The van der Waals surface area contributed by atoms with Crippen molar-refractivity contribution in [1.82, 2.24) is 20.0 Å². The summed E-state index contributed by atoms with van der Waals surface area (Å²) in [7, 11) is 0. The number of nitrogens with one attached hydrogen (secondary N) is 1. The van der Waals surface area contributed by atoms with E-state index in [1.807, 2.05) is 0 Å². The summed E-state index contributed by atoms with van der Waals surface area (Å²) < 4.78 is 1.69. The van der Waals surface area contributed by atoms with Crippen molar-refractivity contribution in [2.75, 3.05) is 13.1 Å². The monoisotopic (exact) mass is 333 g/mol. The maximum absolute atomic E-state index is 12.8. The number of hydrogen-bond acceptors (Lipinski definition) is 4. The van der Waals surface area contributed by atoms with Gasteiger partial charge in [0.2, 0.25) is 0 Å². The molecule has 1 saturated heterocycles. The number of carbonyl (C=O) groups is 3. The van der Waals surface area contributed by atoms with Crippen molar-refractivity contribution in [3.05, 3.63) is 17.0 Å². The number of carbonyl (C=O) groups excluding carboxylic acids is 3. The molecule has 0 spiro atoms. The van der Waals surface area contributed by atoms with Gasteiger partial charge in [0.25, 0.3) is 5.91 Å². The molecule has 0 aromatic carbocycles. The van der Waals surface area contributed by atoms with Crippen molar-refractivity contribution in [2.45, 2.75) is 51.6 Å². The van der Waals surface area contributed by atoms with E-state index in [4.69, 9.17) is 5.73 Å². The molecule has 2 aliphatic rings. The first-order chi connectivity index (χ1) is 11.5. The first kappa shape index (κ1) is 16.5. The molecule has 0 radical (unpaired) electrons. The first-order valence-corrected chi connectivity index (χ1v) is 8.39. The van der Waals surface area contributed by atoms with E-state index < -0.39 is 6.03 Å². The maximum atomic E-state index is 12.8. The first-order valence-electron chi connectivity index (χ1n) is 8.39. The standard InChI is InChI=1S/C16H23N5O3/c1-10(22)9-21-13-4-2-3-12(13)14(19-21)15(23)20-7-5-11(6-8-20)18-16(17)24/h11H,2-9H2,1H3,(H3,17,18,24). The fraction of sp³-hybridized carbons (Fsp3) is 0.625. The van der Waals surface area contributed by atoms with Crippen LogP contribution < -0.4 is 11.1 Å². The SMILES string of the molecule is CC(=O)Cn1nc(C(=O)N2CCC(NC(N)=O)CC2)c2c1CCC2.